The summed E-state index contributed by atoms with van der Waals surface area (Å²) in [4.78, 5) is 9.37. The molecule has 20 heavy (non-hydrogen) atoms. The van der Waals surface area contributed by atoms with Gasteiger partial charge in [0, 0.05) is 23.7 Å². The SMILES string of the molecule is CNc1nc(C(C)(C)C)nc(-n2nc(C)cc2C)c1C. The van der Waals surface area contributed by atoms with Gasteiger partial charge in [-0.1, -0.05) is 20.8 Å². The molecule has 2 rings (SSSR count). The smallest absolute Gasteiger partial charge is 0.162 e. The molecular weight excluding hydrogens is 250 g/mol. The van der Waals surface area contributed by atoms with Crippen molar-refractivity contribution in [2.45, 2.75) is 47.0 Å². The van der Waals surface area contributed by atoms with Gasteiger partial charge in [-0.3, -0.25) is 0 Å². The zero-order chi connectivity index (χ0) is 15.1. The summed E-state index contributed by atoms with van der Waals surface area (Å²) in [5.41, 5.74) is 2.96. The molecule has 0 spiro atoms. The molecule has 2 aromatic rings. The molecule has 108 valence electrons. The average molecular weight is 273 g/mol. The molecule has 0 amide bonds. The van der Waals surface area contributed by atoms with Crippen molar-refractivity contribution in [1.82, 2.24) is 19.7 Å². The Bertz CT molecular complexity index is 634. The monoisotopic (exact) mass is 273 g/mol. The van der Waals surface area contributed by atoms with Gasteiger partial charge >= 0.3 is 0 Å². The Morgan fingerprint density at radius 3 is 2.20 bits per heavy atom. The summed E-state index contributed by atoms with van der Waals surface area (Å²) in [6, 6.07) is 2.05. The van der Waals surface area contributed by atoms with Gasteiger partial charge in [0.2, 0.25) is 0 Å². The van der Waals surface area contributed by atoms with E-state index >= 15 is 0 Å². The Balaban J connectivity index is 2.72. The van der Waals surface area contributed by atoms with Gasteiger partial charge in [0.1, 0.15) is 11.6 Å². The number of hydrogen-bond donors (Lipinski definition) is 1. The largest absolute Gasteiger partial charge is 0.373 e. The third-order valence-corrected chi connectivity index (χ3v) is 3.24. The predicted octanol–water partition coefficient (Wildman–Crippen LogP) is 2.93. The van der Waals surface area contributed by atoms with Crippen LogP contribution in [0, 0.1) is 20.8 Å². The van der Waals surface area contributed by atoms with E-state index < -0.39 is 0 Å². The van der Waals surface area contributed by atoms with Crippen molar-refractivity contribution in [3.8, 4) is 5.82 Å². The summed E-state index contributed by atoms with van der Waals surface area (Å²) in [6.45, 7) is 12.4. The van der Waals surface area contributed by atoms with Gasteiger partial charge in [0.25, 0.3) is 0 Å². The summed E-state index contributed by atoms with van der Waals surface area (Å²) < 4.78 is 1.89. The highest BCUT2D eigenvalue weighted by atomic mass is 15.3. The lowest BCUT2D eigenvalue weighted by Crippen LogP contribution is -2.20. The third-order valence-electron chi connectivity index (χ3n) is 3.24. The molecule has 5 heteroatoms. The van der Waals surface area contributed by atoms with Crippen LogP contribution >= 0.6 is 0 Å². The molecule has 0 atom stereocenters. The van der Waals surface area contributed by atoms with Crippen molar-refractivity contribution in [2.75, 3.05) is 12.4 Å². The molecule has 0 aliphatic carbocycles. The fourth-order valence-electron chi connectivity index (χ4n) is 2.13. The van der Waals surface area contributed by atoms with Crippen molar-refractivity contribution >= 4 is 5.82 Å². The van der Waals surface area contributed by atoms with Crippen molar-refractivity contribution in [3.05, 3.63) is 28.8 Å². The molecule has 0 saturated heterocycles. The highest BCUT2D eigenvalue weighted by Gasteiger charge is 2.22. The minimum Gasteiger partial charge on any atom is -0.373 e. The van der Waals surface area contributed by atoms with Gasteiger partial charge in [-0.15, -0.1) is 0 Å². The number of aryl methyl sites for hydroxylation is 2. The molecule has 0 radical (unpaired) electrons. The highest BCUT2D eigenvalue weighted by molar-refractivity contribution is 5.52. The van der Waals surface area contributed by atoms with E-state index in [1.807, 2.05) is 32.5 Å². The number of nitrogens with zero attached hydrogens (tertiary/aromatic N) is 4. The molecule has 1 N–H and O–H groups in total. The summed E-state index contributed by atoms with van der Waals surface area (Å²) in [5, 5.41) is 7.69. The van der Waals surface area contributed by atoms with Gasteiger partial charge < -0.3 is 5.32 Å². The van der Waals surface area contributed by atoms with Gasteiger partial charge in [-0.25, -0.2) is 14.6 Å². The van der Waals surface area contributed by atoms with Crippen LogP contribution in [0.5, 0.6) is 0 Å². The summed E-state index contributed by atoms with van der Waals surface area (Å²) in [7, 11) is 1.88. The number of rotatable bonds is 2. The molecule has 0 aliphatic rings. The standard InChI is InChI=1S/C15H23N5/c1-9-8-10(2)20(19-9)13-11(3)12(16-7)17-14(18-13)15(4,5)6/h8H,1-7H3,(H,16,17,18). The Kier molecular flexibility index (Phi) is 3.54. The minimum absolute atomic E-state index is 0.107. The van der Waals surface area contributed by atoms with E-state index in [4.69, 9.17) is 4.98 Å². The zero-order valence-corrected chi connectivity index (χ0v) is 13.4. The van der Waals surface area contributed by atoms with Crippen LogP contribution in [-0.2, 0) is 5.41 Å². The van der Waals surface area contributed by atoms with E-state index in [1.165, 1.54) is 0 Å². The molecule has 2 aromatic heterocycles. The molecule has 0 aromatic carbocycles. The van der Waals surface area contributed by atoms with Gasteiger partial charge in [0.15, 0.2) is 5.82 Å². The second-order valence-corrected chi connectivity index (χ2v) is 6.18. The van der Waals surface area contributed by atoms with Crippen LogP contribution in [0.4, 0.5) is 5.82 Å². The fourth-order valence-corrected chi connectivity index (χ4v) is 2.13. The molecule has 0 bridgehead atoms. The number of aromatic nitrogens is 4. The third kappa shape index (κ3) is 2.53. The van der Waals surface area contributed by atoms with Crippen LogP contribution < -0.4 is 5.32 Å². The first-order chi connectivity index (χ1) is 9.24. The van der Waals surface area contributed by atoms with Crippen molar-refractivity contribution in [3.63, 3.8) is 0 Å². The van der Waals surface area contributed by atoms with E-state index in [9.17, 15) is 0 Å². The van der Waals surface area contributed by atoms with Gasteiger partial charge in [-0.05, 0) is 26.8 Å². The van der Waals surface area contributed by atoms with Crippen molar-refractivity contribution < 1.29 is 0 Å². The maximum atomic E-state index is 4.75. The van der Waals surface area contributed by atoms with Crippen LogP contribution in [0.1, 0.15) is 43.5 Å². The Labute approximate surface area is 120 Å². The van der Waals surface area contributed by atoms with E-state index in [1.54, 1.807) is 0 Å². The Hall–Kier alpha value is -1.91. The predicted molar refractivity (Wildman–Crippen MR) is 81.6 cm³/mol. The molecule has 0 saturated carbocycles. The average Bonchev–Trinajstić information content (AvgIpc) is 2.67. The normalized spacial score (nSPS) is 11.8. The molecule has 5 nitrogen and oxygen atoms in total. The molecule has 0 unspecified atom stereocenters. The maximum Gasteiger partial charge on any atom is 0.162 e. The molecule has 0 fully saturated rings. The number of hydrogen-bond acceptors (Lipinski definition) is 4. The molecule has 2 heterocycles. The minimum atomic E-state index is -0.107. The van der Waals surface area contributed by atoms with Crippen molar-refractivity contribution in [1.29, 1.82) is 0 Å². The van der Waals surface area contributed by atoms with Crippen LogP contribution in [0.25, 0.3) is 5.82 Å². The van der Waals surface area contributed by atoms with Crippen molar-refractivity contribution in [2.24, 2.45) is 0 Å². The second-order valence-electron chi connectivity index (χ2n) is 6.18. The Morgan fingerprint density at radius 2 is 1.75 bits per heavy atom. The topological polar surface area (TPSA) is 55.6 Å². The van der Waals surface area contributed by atoms with E-state index in [0.717, 1.165) is 34.4 Å². The summed E-state index contributed by atoms with van der Waals surface area (Å²) in [6.07, 6.45) is 0. The maximum absolute atomic E-state index is 4.75. The van der Waals surface area contributed by atoms with Crippen LogP contribution in [0.2, 0.25) is 0 Å². The van der Waals surface area contributed by atoms with Crippen LogP contribution in [-0.4, -0.2) is 26.8 Å². The molecule has 0 aliphatic heterocycles. The molecular formula is C15H23N5. The first-order valence-corrected chi connectivity index (χ1v) is 6.84. The first kappa shape index (κ1) is 14.5. The van der Waals surface area contributed by atoms with Crippen LogP contribution in [0.15, 0.2) is 6.07 Å². The van der Waals surface area contributed by atoms with Crippen LogP contribution in [0.3, 0.4) is 0 Å². The number of anilines is 1. The lowest BCUT2D eigenvalue weighted by Gasteiger charge is -2.20. The zero-order valence-electron chi connectivity index (χ0n) is 13.4. The van der Waals surface area contributed by atoms with Gasteiger partial charge in [0.05, 0.1) is 5.69 Å². The first-order valence-electron chi connectivity index (χ1n) is 6.84. The van der Waals surface area contributed by atoms with Gasteiger partial charge in [-0.2, -0.15) is 5.10 Å². The lowest BCUT2D eigenvalue weighted by molar-refractivity contribution is 0.541. The lowest BCUT2D eigenvalue weighted by atomic mass is 9.95. The second kappa shape index (κ2) is 4.89. The fraction of sp³-hybridized carbons (Fsp3) is 0.533. The Morgan fingerprint density at radius 1 is 1.10 bits per heavy atom. The quantitative estimate of drug-likeness (QED) is 0.914. The number of nitrogens with one attached hydrogen (secondary N) is 1. The van der Waals surface area contributed by atoms with E-state index in [2.05, 4.69) is 42.2 Å². The van der Waals surface area contributed by atoms with E-state index in [0.29, 0.717) is 0 Å². The van der Waals surface area contributed by atoms with E-state index in [-0.39, 0.29) is 5.41 Å². The summed E-state index contributed by atoms with van der Waals surface area (Å²) >= 11 is 0. The summed E-state index contributed by atoms with van der Waals surface area (Å²) in [5.74, 6) is 2.52. The highest BCUT2D eigenvalue weighted by Crippen LogP contribution is 2.25.